The molecule has 2 fully saturated rings. The van der Waals surface area contributed by atoms with Gasteiger partial charge in [-0.05, 0) is 44.9 Å². The summed E-state index contributed by atoms with van der Waals surface area (Å²) in [4.78, 5) is 19.4. The molecular weight excluding hydrogens is 430 g/mol. The van der Waals surface area contributed by atoms with Crippen LogP contribution in [-0.2, 0) is 0 Å². The normalized spacial score (nSPS) is 19.4. The summed E-state index contributed by atoms with van der Waals surface area (Å²) in [5.74, 6) is 2.81. The van der Waals surface area contributed by atoms with Crippen LogP contribution in [0.1, 0.15) is 52.4 Å². The summed E-state index contributed by atoms with van der Waals surface area (Å²) < 4.78 is 12.2. The van der Waals surface area contributed by atoms with Gasteiger partial charge in [0.05, 0.1) is 18.6 Å². The molecule has 34 heavy (non-hydrogen) atoms. The highest BCUT2D eigenvalue weighted by molar-refractivity contribution is 5.84. The van der Waals surface area contributed by atoms with Crippen LogP contribution < -0.4 is 20.1 Å². The fraction of sp³-hybridized carbons (Fsp3) is 0.560. The third-order valence-electron chi connectivity index (χ3n) is 6.70. The lowest BCUT2D eigenvalue weighted by atomic mass is 9.95. The number of nitrogens with zero attached hydrogens (tertiary/aromatic N) is 4. The molecule has 0 radical (unpaired) electrons. The minimum absolute atomic E-state index is 0.216. The average Bonchev–Trinajstić information content (AvgIpc) is 3.51. The second-order valence-corrected chi connectivity index (χ2v) is 9.11. The number of hydrogen-bond donors (Lipinski definition) is 3. The van der Waals surface area contributed by atoms with E-state index < -0.39 is 0 Å². The van der Waals surface area contributed by atoms with Crippen LogP contribution in [0.3, 0.4) is 0 Å². The summed E-state index contributed by atoms with van der Waals surface area (Å²) in [6, 6.07) is 6.33. The molecule has 182 valence electrons. The number of benzene rings is 1. The number of anilines is 3. The van der Waals surface area contributed by atoms with Crippen LogP contribution in [0.15, 0.2) is 24.5 Å². The molecule has 1 saturated carbocycles. The van der Waals surface area contributed by atoms with Gasteiger partial charge in [-0.15, -0.1) is 0 Å². The number of imidazole rings is 1. The maximum Gasteiger partial charge on any atom is 0.231 e. The van der Waals surface area contributed by atoms with Gasteiger partial charge in [-0.3, -0.25) is 4.90 Å². The lowest BCUT2D eigenvalue weighted by molar-refractivity contribution is 0.201. The Morgan fingerprint density at radius 2 is 2.00 bits per heavy atom. The molecule has 1 aromatic carbocycles. The van der Waals surface area contributed by atoms with Crippen molar-refractivity contribution in [3.63, 3.8) is 0 Å². The van der Waals surface area contributed by atoms with E-state index in [0.717, 1.165) is 67.4 Å². The molecule has 0 amide bonds. The topological polar surface area (TPSA) is 100 Å². The molecule has 2 aromatic heterocycles. The zero-order chi connectivity index (χ0) is 23.3. The fourth-order valence-corrected chi connectivity index (χ4v) is 4.88. The van der Waals surface area contributed by atoms with Gasteiger partial charge in [0, 0.05) is 25.2 Å². The van der Waals surface area contributed by atoms with Crippen LogP contribution in [0.5, 0.6) is 11.5 Å². The van der Waals surface area contributed by atoms with Crippen molar-refractivity contribution in [1.82, 2.24) is 24.8 Å². The number of likely N-dealkylation sites (N-methyl/N-ethyl adjacent to an activating group) is 1. The van der Waals surface area contributed by atoms with Gasteiger partial charge in [0.25, 0.3) is 0 Å². The van der Waals surface area contributed by atoms with Crippen LogP contribution in [0.4, 0.5) is 17.5 Å². The molecule has 1 unspecified atom stereocenters. The molecular formula is C25H35N7O2. The van der Waals surface area contributed by atoms with E-state index in [1.54, 1.807) is 6.33 Å². The van der Waals surface area contributed by atoms with Crippen molar-refractivity contribution >= 4 is 28.6 Å². The van der Waals surface area contributed by atoms with Gasteiger partial charge >= 0.3 is 0 Å². The summed E-state index contributed by atoms with van der Waals surface area (Å²) in [5, 5.41) is 6.96. The van der Waals surface area contributed by atoms with Crippen molar-refractivity contribution in [1.29, 1.82) is 0 Å². The van der Waals surface area contributed by atoms with Crippen LogP contribution in [0.25, 0.3) is 11.2 Å². The second kappa shape index (κ2) is 10.5. The van der Waals surface area contributed by atoms with Crippen molar-refractivity contribution in [2.24, 2.45) is 0 Å². The van der Waals surface area contributed by atoms with Crippen molar-refractivity contribution in [2.75, 3.05) is 36.9 Å². The Labute approximate surface area is 200 Å². The number of aromatic nitrogens is 4. The van der Waals surface area contributed by atoms with Crippen LogP contribution in [-0.4, -0.2) is 63.2 Å². The van der Waals surface area contributed by atoms with E-state index in [0.29, 0.717) is 24.2 Å². The van der Waals surface area contributed by atoms with E-state index in [-0.39, 0.29) is 6.10 Å². The third kappa shape index (κ3) is 5.19. The molecule has 3 heterocycles. The number of likely N-dealkylation sites (tertiary alicyclic amines) is 1. The van der Waals surface area contributed by atoms with E-state index in [2.05, 4.69) is 37.4 Å². The molecule has 3 N–H and O–H groups in total. The molecule has 2 aliphatic rings. The van der Waals surface area contributed by atoms with Gasteiger partial charge in [0.1, 0.15) is 23.1 Å². The Morgan fingerprint density at radius 3 is 2.79 bits per heavy atom. The molecule has 5 rings (SSSR count). The Bertz CT molecular complexity index is 1100. The quantitative estimate of drug-likeness (QED) is 0.418. The van der Waals surface area contributed by atoms with Crippen molar-refractivity contribution < 1.29 is 9.47 Å². The zero-order valence-corrected chi connectivity index (χ0v) is 20.1. The minimum Gasteiger partial charge on any atom is -0.492 e. The number of ether oxygens (including phenoxy) is 2. The molecule has 9 nitrogen and oxygen atoms in total. The first-order chi connectivity index (χ1) is 16.7. The number of fused-ring (bicyclic) bond motifs is 1. The molecule has 9 heteroatoms. The number of hydrogen-bond acceptors (Lipinski definition) is 8. The van der Waals surface area contributed by atoms with Crippen molar-refractivity contribution in [3.05, 3.63) is 24.5 Å². The summed E-state index contributed by atoms with van der Waals surface area (Å²) in [6.07, 6.45) is 9.05. The first-order valence-electron chi connectivity index (χ1n) is 12.6. The number of H-pyrrole nitrogens is 1. The van der Waals surface area contributed by atoms with E-state index >= 15 is 0 Å². The third-order valence-corrected chi connectivity index (χ3v) is 6.70. The van der Waals surface area contributed by atoms with E-state index in [4.69, 9.17) is 14.5 Å². The predicted molar refractivity (Wildman–Crippen MR) is 134 cm³/mol. The molecule has 1 aliphatic carbocycles. The van der Waals surface area contributed by atoms with Gasteiger partial charge < -0.3 is 25.1 Å². The zero-order valence-electron chi connectivity index (χ0n) is 20.1. The second-order valence-electron chi connectivity index (χ2n) is 9.11. The van der Waals surface area contributed by atoms with Crippen molar-refractivity contribution in [3.8, 4) is 11.5 Å². The first kappa shape index (κ1) is 22.7. The highest BCUT2D eigenvalue weighted by Gasteiger charge is 2.23. The van der Waals surface area contributed by atoms with E-state index in [1.807, 2.05) is 25.1 Å². The summed E-state index contributed by atoms with van der Waals surface area (Å²) in [6.45, 7) is 7.84. The molecule has 1 aliphatic heterocycles. The maximum absolute atomic E-state index is 6.25. The van der Waals surface area contributed by atoms with E-state index in [1.165, 1.54) is 19.3 Å². The van der Waals surface area contributed by atoms with Gasteiger partial charge in [-0.1, -0.05) is 26.2 Å². The van der Waals surface area contributed by atoms with Gasteiger partial charge in [0.2, 0.25) is 5.95 Å². The van der Waals surface area contributed by atoms with Gasteiger partial charge in [0.15, 0.2) is 11.5 Å². The smallest absolute Gasteiger partial charge is 0.231 e. The molecule has 3 aromatic rings. The summed E-state index contributed by atoms with van der Waals surface area (Å²) >= 11 is 0. The molecule has 1 saturated heterocycles. The first-order valence-corrected chi connectivity index (χ1v) is 12.6. The Morgan fingerprint density at radius 1 is 1.12 bits per heavy atom. The lowest BCUT2D eigenvalue weighted by Crippen LogP contribution is -2.24. The number of aromatic amines is 1. The monoisotopic (exact) mass is 465 g/mol. The highest BCUT2D eigenvalue weighted by Crippen LogP contribution is 2.33. The molecule has 0 bridgehead atoms. The summed E-state index contributed by atoms with van der Waals surface area (Å²) in [7, 11) is 0. The van der Waals surface area contributed by atoms with Crippen molar-refractivity contribution in [2.45, 2.75) is 64.5 Å². The molecule has 0 spiro atoms. The Kier molecular flexibility index (Phi) is 6.99. The lowest BCUT2D eigenvalue weighted by Gasteiger charge is -2.23. The molecule has 1 atom stereocenters. The minimum atomic E-state index is 0.216. The largest absolute Gasteiger partial charge is 0.492 e. The standard InChI is InChI=1S/C25H35N7O2/c1-3-32-13-12-19(15-32)34-18-10-11-20(21(14-18)33-4-2)29-25-30-23-22(26-16-27-23)24(31-25)28-17-8-6-5-7-9-17/h10-11,14,16-17,19H,3-9,12-13,15H2,1-2H3,(H3,26,27,28,29,30,31). The number of rotatable bonds is 9. The van der Waals surface area contributed by atoms with Crippen LogP contribution in [0, 0.1) is 0 Å². The summed E-state index contributed by atoms with van der Waals surface area (Å²) in [5.41, 5.74) is 2.27. The van der Waals surface area contributed by atoms with Crippen LogP contribution >= 0.6 is 0 Å². The van der Waals surface area contributed by atoms with Gasteiger partial charge in [-0.2, -0.15) is 9.97 Å². The predicted octanol–water partition coefficient (Wildman–Crippen LogP) is 4.71. The Hall–Kier alpha value is -3.07. The SMILES string of the molecule is CCOc1cc(OC2CCN(CC)C2)ccc1Nc1nc(NC2CCCCC2)c2nc[nH]c2n1. The average molecular weight is 466 g/mol. The number of nitrogens with one attached hydrogen (secondary N) is 3. The Balaban J connectivity index is 1.35. The fourth-order valence-electron chi connectivity index (χ4n) is 4.88. The maximum atomic E-state index is 6.25. The highest BCUT2D eigenvalue weighted by atomic mass is 16.5. The van der Waals surface area contributed by atoms with E-state index in [9.17, 15) is 0 Å². The van der Waals surface area contributed by atoms with Crippen LogP contribution in [0.2, 0.25) is 0 Å². The van der Waals surface area contributed by atoms with Gasteiger partial charge in [-0.25, -0.2) is 4.98 Å².